The number of hydrogen-bond acceptors (Lipinski definition) is 3. The molecule has 1 aromatic heterocycles. The van der Waals surface area contributed by atoms with Crippen LogP contribution in [0.2, 0.25) is 0 Å². The van der Waals surface area contributed by atoms with E-state index in [2.05, 4.69) is 65.3 Å². The Hall–Kier alpha value is -1.47. The van der Waals surface area contributed by atoms with Gasteiger partial charge >= 0.3 is 10.1 Å². The average Bonchev–Trinajstić information content (AvgIpc) is 3.03. The van der Waals surface area contributed by atoms with E-state index in [9.17, 15) is 8.42 Å². The van der Waals surface area contributed by atoms with Crippen molar-refractivity contribution in [2.75, 3.05) is 0 Å². The van der Waals surface area contributed by atoms with Gasteiger partial charge in [-0.15, -0.1) is 11.3 Å². The van der Waals surface area contributed by atoms with E-state index in [1.54, 1.807) is 11.4 Å². The van der Waals surface area contributed by atoms with E-state index in [0.29, 0.717) is 0 Å². The molecule has 0 aliphatic carbocycles. The molecule has 2 aromatic carbocycles. The van der Waals surface area contributed by atoms with Crippen LogP contribution in [-0.4, -0.2) is 13.0 Å². The van der Waals surface area contributed by atoms with Crippen LogP contribution < -0.4 is 0 Å². The molecule has 1 N–H and O–H groups in total. The topological polar surface area (TPSA) is 54.4 Å². The largest absolute Gasteiger partial charge is 0.304 e. The van der Waals surface area contributed by atoms with Gasteiger partial charge in [-0.1, -0.05) is 64.5 Å². The van der Waals surface area contributed by atoms with Crippen molar-refractivity contribution in [2.24, 2.45) is 0 Å². The summed E-state index contributed by atoms with van der Waals surface area (Å²) < 4.78 is 30.0. The molecule has 0 amide bonds. The van der Waals surface area contributed by atoms with E-state index < -0.39 is 10.1 Å². The average molecular weight is 411 g/mol. The molecule has 3 nitrogen and oxygen atoms in total. The fourth-order valence-electron chi connectivity index (χ4n) is 2.01. The fourth-order valence-corrected chi connectivity index (χ4v) is 4.06. The molecule has 0 fully saturated rings. The van der Waals surface area contributed by atoms with Gasteiger partial charge in [0.2, 0.25) is 0 Å². The molecule has 23 heavy (non-hydrogen) atoms. The molecule has 0 unspecified atom stereocenters. The predicted molar refractivity (Wildman–Crippen MR) is 98.4 cm³/mol. The van der Waals surface area contributed by atoms with Crippen LogP contribution in [0.3, 0.4) is 0 Å². The van der Waals surface area contributed by atoms with E-state index in [-0.39, 0.29) is 4.21 Å². The minimum absolute atomic E-state index is 0.0116. The van der Waals surface area contributed by atoms with Crippen LogP contribution in [0.4, 0.5) is 0 Å². The van der Waals surface area contributed by atoms with Gasteiger partial charge in [0.1, 0.15) is 4.21 Å². The maximum absolute atomic E-state index is 10.3. The number of rotatable bonds is 2. The van der Waals surface area contributed by atoms with Crippen molar-refractivity contribution in [3.8, 4) is 11.1 Å². The molecule has 0 aliphatic heterocycles. The maximum Gasteiger partial charge on any atom is 0.304 e. The molecule has 120 valence electrons. The summed E-state index contributed by atoms with van der Waals surface area (Å²) in [6.45, 7) is 2.13. The summed E-state index contributed by atoms with van der Waals surface area (Å²) in [5, 5.41) is 1.59. The lowest BCUT2D eigenvalue weighted by Gasteiger charge is -2.07. The van der Waals surface area contributed by atoms with Crippen molar-refractivity contribution in [1.29, 1.82) is 0 Å². The molecule has 3 rings (SSSR count). The molecule has 0 aliphatic rings. The smallest absolute Gasteiger partial charge is 0.281 e. The van der Waals surface area contributed by atoms with Gasteiger partial charge in [-0.25, -0.2) is 0 Å². The second kappa shape index (κ2) is 7.88. The van der Waals surface area contributed by atoms with Gasteiger partial charge in [0.15, 0.2) is 0 Å². The van der Waals surface area contributed by atoms with Crippen LogP contribution in [0, 0.1) is 6.92 Å². The van der Waals surface area contributed by atoms with E-state index in [1.807, 2.05) is 6.07 Å². The van der Waals surface area contributed by atoms with Crippen LogP contribution in [0.25, 0.3) is 11.1 Å². The van der Waals surface area contributed by atoms with Crippen LogP contribution in [0.1, 0.15) is 5.56 Å². The first kappa shape index (κ1) is 17.9. The Morgan fingerprint density at radius 1 is 0.957 bits per heavy atom. The molecule has 0 bridgehead atoms. The summed E-state index contributed by atoms with van der Waals surface area (Å²) >= 11 is 4.58. The number of benzene rings is 2. The van der Waals surface area contributed by atoms with E-state index in [0.717, 1.165) is 15.8 Å². The first-order valence-corrected chi connectivity index (χ1v) is 9.82. The lowest BCUT2D eigenvalue weighted by atomic mass is 10.0. The van der Waals surface area contributed by atoms with Gasteiger partial charge in [-0.05, 0) is 41.1 Å². The normalized spacial score (nSPS) is 10.7. The summed E-state index contributed by atoms with van der Waals surface area (Å²) in [4.78, 5) is 0. The van der Waals surface area contributed by atoms with E-state index in [4.69, 9.17) is 4.55 Å². The highest BCUT2D eigenvalue weighted by molar-refractivity contribution is 9.10. The van der Waals surface area contributed by atoms with Gasteiger partial charge in [0, 0.05) is 4.47 Å². The van der Waals surface area contributed by atoms with Crippen molar-refractivity contribution in [1.82, 2.24) is 0 Å². The lowest BCUT2D eigenvalue weighted by Crippen LogP contribution is -1.92. The van der Waals surface area contributed by atoms with Crippen LogP contribution in [0.5, 0.6) is 0 Å². The molecule has 1 heterocycles. The molecule has 0 saturated heterocycles. The fraction of sp³-hybridized carbons (Fsp3) is 0.0588. The highest BCUT2D eigenvalue weighted by Gasteiger charge is 2.08. The van der Waals surface area contributed by atoms with Crippen LogP contribution in [-0.2, 0) is 10.1 Å². The second-order valence-electron chi connectivity index (χ2n) is 4.70. The summed E-state index contributed by atoms with van der Waals surface area (Å²) in [6.07, 6.45) is 0. The van der Waals surface area contributed by atoms with Crippen molar-refractivity contribution in [2.45, 2.75) is 11.1 Å². The zero-order chi connectivity index (χ0) is 16.9. The summed E-state index contributed by atoms with van der Waals surface area (Å²) in [5.74, 6) is 0. The van der Waals surface area contributed by atoms with Gasteiger partial charge in [0.05, 0.1) is 0 Å². The third-order valence-corrected chi connectivity index (χ3v) is 5.92. The second-order valence-corrected chi connectivity index (χ2v) is 8.16. The van der Waals surface area contributed by atoms with Crippen molar-refractivity contribution < 1.29 is 13.0 Å². The zero-order valence-corrected chi connectivity index (χ0v) is 15.5. The van der Waals surface area contributed by atoms with Crippen LogP contribution >= 0.6 is 27.3 Å². The van der Waals surface area contributed by atoms with E-state index in [1.165, 1.54) is 22.8 Å². The molecule has 0 radical (unpaired) electrons. The number of halogens is 1. The Morgan fingerprint density at radius 2 is 1.65 bits per heavy atom. The van der Waals surface area contributed by atoms with Crippen molar-refractivity contribution in [3.05, 3.63) is 76.1 Å². The molecule has 0 atom stereocenters. The van der Waals surface area contributed by atoms with Gasteiger partial charge in [0.25, 0.3) is 0 Å². The molecule has 3 aromatic rings. The first-order chi connectivity index (χ1) is 10.9. The Balaban J connectivity index is 0.000000185. The predicted octanol–water partition coefficient (Wildman–Crippen LogP) is 5.42. The molecule has 0 saturated carbocycles. The number of thiophene rings is 1. The standard InChI is InChI=1S/C13H11Br.C4H4O3S2/c1-10-6-5-9-12(14)13(10)11-7-3-2-4-8-11;5-9(6,7)4-2-1-3-8-4/h2-9H,1H3;1-3H,(H,5,6,7). The monoisotopic (exact) mass is 410 g/mol. The maximum atomic E-state index is 10.3. The SMILES string of the molecule is Cc1cccc(Br)c1-c1ccccc1.O=S(=O)(O)c1cccs1. The molecule has 0 spiro atoms. The third kappa shape index (κ3) is 5.00. The Morgan fingerprint density at radius 3 is 2.13 bits per heavy atom. The summed E-state index contributed by atoms with van der Waals surface area (Å²) in [7, 11) is -3.94. The number of hydrogen-bond donors (Lipinski definition) is 1. The first-order valence-electron chi connectivity index (χ1n) is 6.71. The summed E-state index contributed by atoms with van der Waals surface area (Å²) in [6, 6.07) is 19.6. The molecular formula is C17H15BrO3S2. The van der Waals surface area contributed by atoms with Gasteiger partial charge in [-0.3, -0.25) is 4.55 Å². The molecule has 6 heteroatoms. The Bertz CT molecular complexity index is 838. The highest BCUT2D eigenvalue weighted by atomic mass is 79.9. The third-order valence-electron chi connectivity index (χ3n) is 3.03. The minimum atomic E-state index is -3.94. The van der Waals surface area contributed by atoms with E-state index >= 15 is 0 Å². The zero-order valence-electron chi connectivity index (χ0n) is 12.3. The Labute approximate surface area is 148 Å². The molecular weight excluding hydrogens is 396 g/mol. The lowest BCUT2D eigenvalue weighted by molar-refractivity contribution is 0.485. The summed E-state index contributed by atoms with van der Waals surface area (Å²) in [5.41, 5.74) is 3.84. The van der Waals surface area contributed by atoms with Crippen LogP contribution in [0.15, 0.2) is 74.7 Å². The quantitative estimate of drug-likeness (QED) is 0.573. The van der Waals surface area contributed by atoms with Crippen molar-refractivity contribution >= 4 is 37.4 Å². The van der Waals surface area contributed by atoms with Crippen molar-refractivity contribution in [3.63, 3.8) is 0 Å². The van der Waals surface area contributed by atoms with Gasteiger partial charge < -0.3 is 0 Å². The van der Waals surface area contributed by atoms with Gasteiger partial charge in [-0.2, -0.15) is 8.42 Å². The number of aryl methyl sites for hydroxylation is 1. The minimum Gasteiger partial charge on any atom is -0.281 e. The Kier molecular flexibility index (Phi) is 6.12. The highest BCUT2D eigenvalue weighted by Crippen LogP contribution is 2.30.